The Morgan fingerprint density at radius 2 is 0.300 bits per heavy atom. The minimum atomic E-state index is 0.517. The summed E-state index contributed by atoms with van der Waals surface area (Å²) in [6, 6.07) is 0. The Morgan fingerprint density at radius 3 is 0.470 bits per heavy atom. The third-order valence-electron chi connectivity index (χ3n) is 18.2. The quantitative estimate of drug-likeness (QED) is 0.0534. The van der Waals surface area contributed by atoms with Crippen molar-refractivity contribution >= 4 is 0 Å². The minimum Gasteiger partial charge on any atom is -0.378 e. The van der Waals surface area contributed by atoms with Gasteiger partial charge in [-0.25, -0.2) is 0 Å². The number of rotatable bonds is 46. The summed E-state index contributed by atoms with van der Waals surface area (Å²) in [7, 11) is 0. The number of hydrogen-bond acceptors (Lipinski definition) is 24. The molecule has 0 amide bonds. The van der Waals surface area contributed by atoms with E-state index in [2.05, 4.69) is 43.2 Å². The molecule has 0 aromatic rings. The van der Waals surface area contributed by atoms with Gasteiger partial charge in [-0.05, 0) is 25.9 Å². The molecule has 0 aliphatic carbocycles. The van der Waals surface area contributed by atoms with Crippen LogP contribution in [0, 0.1) is 0 Å². The molecule has 24 nitrogen and oxygen atoms in total. The first-order valence-electron chi connectivity index (χ1n) is 40.5. The monoisotopic (exact) mass is 1440 g/mol. The van der Waals surface area contributed by atoms with Gasteiger partial charge < -0.3 is 85.3 Å². The van der Waals surface area contributed by atoms with Gasteiger partial charge >= 0.3 is 0 Å². The first-order valence-corrected chi connectivity index (χ1v) is 40.5. The molecule has 3 saturated heterocycles. The Bertz CT molecular complexity index is 1420. The van der Waals surface area contributed by atoms with Crippen LogP contribution in [-0.2, 0) is 85.3 Å². The van der Waals surface area contributed by atoms with Gasteiger partial charge in [-0.1, -0.05) is 129 Å². The fourth-order valence-electron chi connectivity index (χ4n) is 11.8. The zero-order valence-corrected chi connectivity index (χ0v) is 64.4. The van der Waals surface area contributed by atoms with Crippen molar-refractivity contribution in [3.8, 4) is 0 Å². The number of hydrogen-bond donors (Lipinski definition) is 0. The second-order valence-corrected chi connectivity index (χ2v) is 26.4. The zero-order chi connectivity index (χ0) is 70.5. The third-order valence-corrected chi connectivity index (χ3v) is 18.2. The van der Waals surface area contributed by atoms with Crippen molar-refractivity contribution in [1.29, 1.82) is 0 Å². The van der Waals surface area contributed by atoms with Crippen LogP contribution in [0.5, 0.6) is 0 Å². The first kappa shape index (κ1) is 93.2. The molecule has 0 unspecified atom stereocenters. The molecular weight excluding hydrogens is 1280 g/mol. The maximum Gasteiger partial charge on any atom is 0.0701 e. The van der Waals surface area contributed by atoms with Crippen LogP contribution in [0.1, 0.15) is 142 Å². The van der Waals surface area contributed by atoms with Crippen LogP contribution in [0.4, 0.5) is 0 Å². The van der Waals surface area contributed by atoms with Crippen LogP contribution in [0.25, 0.3) is 0 Å². The fourth-order valence-corrected chi connectivity index (χ4v) is 11.8. The van der Waals surface area contributed by atoms with E-state index in [0.29, 0.717) is 238 Å². The van der Waals surface area contributed by atoms with Gasteiger partial charge in [0.25, 0.3) is 0 Å². The molecule has 0 bridgehead atoms. The molecule has 0 radical (unpaired) electrons. The van der Waals surface area contributed by atoms with Crippen LogP contribution in [0.3, 0.4) is 0 Å². The highest BCUT2D eigenvalue weighted by atomic mass is 16.6. The van der Waals surface area contributed by atoms with E-state index < -0.39 is 0 Å². The SMILES string of the molecule is CCCCCCCCCCCCN1CCOCCOCCN(CCOCCOCCOCCN2CCOCCOCCN(CCOCCOCCOCCN3CCOCCOCCN(CCCCCCCCCCCC)CCOCCOCC3)CCOCCOCC2)CCOCCOCC1. The molecular formula is C76H154N6O18. The van der Waals surface area contributed by atoms with Gasteiger partial charge in [0.15, 0.2) is 0 Å². The second-order valence-electron chi connectivity index (χ2n) is 26.4. The third kappa shape index (κ3) is 65.3. The van der Waals surface area contributed by atoms with Crippen molar-refractivity contribution in [3.05, 3.63) is 0 Å². The molecule has 0 spiro atoms. The molecule has 0 atom stereocenters. The number of nitrogens with zero attached hydrogens (tertiary/aromatic N) is 6. The van der Waals surface area contributed by atoms with Crippen LogP contribution in [-0.4, -0.2) is 385 Å². The van der Waals surface area contributed by atoms with Crippen LogP contribution in [0.15, 0.2) is 0 Å². The maximum atomic E-state index is 5.98. The Morgan fingerprint density at radius 1 is 0.160 bits per heavy atom. The van der Waals surface area contributed by atoms with Crippen molar-refractivity contribution in [1.82, 2.24) is 29.4 Å². The van der Waals surface area contributed by atoms with Crippen molar-refractivity contribution in [2.75, 3.05) is 356 Å². The van der Waals surface area contributed by atoms with Gasteiger partial charge in [-0.2, -0.15) is 0 Å². The summed E-state index contributed by atoms with van der Waals surface area (Å²) in [5.74, 6) is 0. The van der Waals surface area contributed by atoms with E-state index >= 15 is 0 Å². The van der Waals surface area contributed by atoms with Gasteiger partial charge in [0.05, 0.1) is 238 Å². The molecule has 24 heteroatoms. The molecule has 3 heterocycles. The standard InChI is InChI=1S/C76H154N6O18/c1-3-5-7-9-11-13-15-17-19-21-23-77-25-41-83-57-61-87-45-29-79(30-46-88-62-58-84-42-26-77)37-53-95-69-73-99-75-71-97-55-39-81-33-49-91-65-67-93-51-35-82(36-52-94-68-66-92-50-34-81)40-56-98-72-76-100-74-70-96-54-38-80-31-47-89-63-59-85-43-27-78(28-44-86-60-64-90-48-32-80)24-22-20-18-16-14-12-10-8-6-4-2/h3-76H2,1-2H3. The van der Waals surface area contributed by atoms with E-state index in [4.69, 9.17) is 85.3 Å². The Balaban J connectivity index is 1.13. The fraction of sp³-hybridized carbons (Fsp3) is 1.00. The smallest absolute Gasteiger partial charge is 0.0701 e. The topological polar surface area (TPSA) is 186 Å². The molecule has 3 aliphatic rings. The van der Waals surface area contributed by atoms with Gasteiger partial charge in [0.1, 0.15) is 0 Å². The van der Waals surface area contributed by atoms with E-state index in [1.165, 1.54) is 128 Å². The lowest BCUT2D eigenvalue weighted by Crippen LogP contribution is -2.35. The van der Waals surface area contributed by atoms with Crippen molar-refractivity contribution in [2.45, 2.75) is 142 Å². The Hall–Kier alpha value is -0.960. The largest absolute Gasteiger partial charge is 0.378 e. The van der Waals surface area contributed by atoms with Crippen LogP contribution in [0.2, 0.25) is 0 Å². The summed E-state index contributed by atoms with van der Waals surface area (Å²) in [5.41, 5.74) is 0. The van der Waals surface area contributed by atoms with E-state index in [0.717, 1.165) is 118 Å². The molecule has 596 valence electrons. The van der Waals surface area contributed by atoms with Gasteiger partial charge in [0, 0.05) is 105 Å². The molecule has 3 aliphatic heterocycles. The lowest BCUT2D eigenvalue weighted by atomic mass is 10.1. The van der Waals surface area contributed by atoms with Gasteiger partial charge in [0.2, 0.25) is 0 Å². The predicted octanol–water partition coefficient (Wildman–Crippen LogP) is 7.98. The number of unbranched alkanes of at least 4 members (excludes halogenated alkanes) is 18. The second kappa shape index (κ2) is 77.6. The maximum absolute atomic E-state index is 5.98. The summed E-state index contributed by atoms with van der Waals surface area (Å²) in [6.45, 7) is 41.5. The average molecular weight is 1440 g/mol. The van der Waals surface area contributed by atoms with E-state index in [1.807, 2.05) is 0 Å². The minimum absolute atomic E-state index is 0.517. The Labute approximate surface area is 610 Å². The molecule has 0 saturated carbocycles. The average Bonchev–Trinajstić information content (AvgIpc) is 3.74. The van der Waals surface area contributed by atoms with Crippen LogP contribution >= 0.6 is 0 Å². The lowest BCUT2D eigenvalue weighted by Gasteiger charge is -2.24. The normalized spacial score (nSPS) is 20.1. The van der Waals surface area contributed by atoms with E-state index in [9.17, 15) is 0 Å². The predicted molar refractivity (Wildman–Crippen MR) is 397 cm³/mol. The number of ether oxygens (including phenoxy) is 18. The molecule has 0 aromatic carbocycles. The van der Waals surface area contributed by atoms with Crippen LogP contribution < -0.4 is 0 Å². The highest BCUT2D eigenvalue weighted by Gasteiger charge is 2.14. The summed E-state index contributed by atoms with van der Waals surface area (Å²) in [4.78, 5) is 14.3. The zero-order valence-electron chi connectivity index (χ0n) is 64.4. The molecule has 100 heavy (non-hydrogen) atoms. The van der Waals surface area contributed by atoms with E-state index in [-0.39, 0.29) is 0 Å². The molecule has 0 aromatic heterocycles. The highest BCUT2D eigenvalue weighted by Crippen LogP contribution is 2.13. The van der Waals surface area contributed by atoms with Crippen molar-refractivity contribution < 1.29 is 85.3 Å². The summed E-state index contributed by atoms with van der Waals surface area (Å²) < 4.78 is 107. The van der Waals surface area contributed by atoms with Gasteiger partial charge in [-0.3, -0.25) is 29.4 Å². The van der Waals surface area contributed by atoms with Crippen molar-refractivity contribution in [3.63, 3.8) is 0 Å². The Kier molecular flexibility index (Phi) is 72.4. The molecule has 0 N–H and O–H groups in total. The summed E-state index contributed by atoms with van der Waals surface area (Å²) >= 11 is 0. The molecule has 3 rings (SSSR count). The van der Waals surface area contributed by atoms with E-state index in [1.54, 1.807) is 0 Å². The first-order chi connectivity index (χ1) is 49.8. The summed E-state index contributed by atoms with van der Waals surface area (Å²) in [6.07, 6.45) is 27.1. The molecule has 3 fully saturated rings. The summed E-state index contributed by atoms with van der Waals surface area (Å²) in [5, 5.41) is 0. The highest BCUT2D eigenvalue weighted by molar-refractivity contribution is 4.65. The van der Waals surface area contributed by atoms with Gasteiger partial charge in [-0.15, -0.1) is 0 Å². The van der Waals surface area contributed by atoms with Crippen molar-refractivity contribution in [2.24, 2.45) is 0 Å². The lowest BCUT2D eigenvalue weighted by molar-refractivity contribution is -0.0115.